The van der Waals surface area contributed by atoms with Crippen LogP contribution >= 0.6 is 0 Å². The minimum Gasteiger partial charge on any atom is -0.503 e. The van der Waals surface area contributed by atoms with E-state index in [0.29, 0.717) is 49.8 Å². The molecule has 0 fully saturated rings. The summed E-state index contributed by atoms with van der Waals surface area (Å²) in [4.78, 5) is 28.1. The van der Waals surface area contributed by atoms with E-state index in [1.165, 1.54) is 11.0 Å². The maximum absolute atomic E-state index is 13.4. The van der Waals surface area contributed by atoms with Gasteiger partial charge < -0.3 is 24.2 Å². The van der Waals surface area contributed by atoms with Gasteiger partial charge in [0, 0.05) is 20.3 Å². The van der Waals surface area contributed by atoms with Crippen molar-refractivity contribution in [2.24, 2.45) is 0 Å². The molecule has 0 saturated carbocycles. The van der Waals surface area contributed by atoms with E-state index in [4.69, 9.17) is 14.2 Å². The molecule has 0 aromatic heterocycles. The monoisotopic (exact) mass is 527 g/mol. The zero-order chi connectivity index (χ0) is 27.6. The van der Waals surface area contributed by atoms with E-state index >= 15 is 0 Å². The van der Waals surface area contributed by atoms with Gasteiger partial charge in [-0.1, -0.05) is 72.8 Å². The third kappa shape index (κ3) is 6.75. The Morgan fingerprint density at radius 2 is 1.69 bits per heavy atom. The van der Waals surface area contributed by atoms with Crippen molar-refractivity contribution in [3.8, 4) is 11.5 Å². The molecule has 1 atom stereocenters. The first-order valence-electron chi connectivity index (χ1n) is 13.0. The van der Waals surface area contributed by atoms with Gasteiger partial charge in [0.2, 0.25) is 0 Å². The summed E-state index contributed by atoms with van der Waals surface area (Å²) in [5, 5.41) is 10.9. The van der Waals surface area contributed by atoms with Crippen molar-refractivity contribution in [2.75, 3.05) is 26.9 Å². The Morgan fingerprint density at radius 1 is 0.974 bits per heavy atom. The number of amides is 1. The fraction of sp³-hybridized carbons (Fsp3) is 0.250. The number of hydrogen-bond acceptors (Lipinski definition) is 6. The van der Waals surface area contributed by atoms with Crippen molar-refractivity contribution < 1.29 is 28.9 Å². The van der Waals surface area contributed by atoms with Crippen LogP contribution in [0.15, 0.2) is 96.3 Å². The number of carbonyl (C=O) groups excluding carboxylic acids is 2. The zero-order valence-corrected chi connectivity index (χ0v) is 22.2. The highest BCUT2D eigenvalue weighted by Gasteiger charge is 2.42. The first-order chi connectivity index (χ1) is 19.0. The molecular weight excluding hydrogens is 494 g/mol. The van der Waals surface area contributed by atoms with Gasteiger partial charge in [-0.2, -0.15) is 0 Å². The lowest BCUT2D eigenvalue weighted by Crippen LogP contribution is -2.32. The normalized spacial score (nSPS) is 15.3. The number of aliphatic hydroxyl groups is 1. The van der Waals surface area contributed by atoms with E-state index in [0.717, 1.165) is 11.1 Å². The smallest absolute Gasteiger partial charge is 0.290 e. The molecule has 7 heteroatoms. The second-order valence-corrected chi connectivity index (χ2v) is 9.03. The summed E-state index contributed by atoms with van der Waals surface area (Å²) in [6.07, 6.45) is 3.61. The molecule has 4 rings (SSSR count). The molecule has 1 heterocycles. The van der Waals surface area contributed by atoms with Gasteiger partial charge in [-0.3, -0.25) is 9.59 Å². The molecule has 3 aromatic rings. The van der Waals surface area contributed by atoms with Gasteiger partial charge in [0.1, 0.15) is 6.61 Å². The number of aliphatic hydroxyl groups excluding tert-OH is 1. The molecule has 7 nitrogen and oxygen atoms in total. The molecule has 1 aliphatic heterocycles. The first kappa shape index (κ1) is 27.7. The van der Waals surface area contributed by atoms with E-state index in [2.05, 4.69) is 0 Å². The van der Waals surface area contributed by atoms with Gasteiger partial charge in [-0.15, -0.1) is 0 Å². The summed E-state index contributed by atoms with van der Waals surface area (Å²) < 4.78 is 17.1. The van der Waals surface area contributed by atoms with Crippen molar-refractivity contribution in [1.29, 1.82) is 0 Å². The molecule has 0 bridgehead atoms. The predicted octanol–water partition coefficient (Wildman–Crippen LogP) is 5.68. The third-order valence-corrected chi connectivity index (χ3v) is 6.36. The van der Waals surface area contributed by atoms with Gasteiger partial charge in [-0.05, 0) is 48.2 Å². The SMILES string of the molecule is CCOc1cc(C2C(C(=O)C=Cc3ccccc3)=C(O)C(=O)N2CCCOC)ccc1OCc1ccccc1. The summed E-state index contributed by atoms with van der Waals surface area (Å²) >= 11 is 0. The number of ketones is 1. The number of methoxy groups -OCH3 is 1. The first-order valence-corrected chi connectivity index (χ1v) is 13.0. The summed E-state index contributed by atoms with van der Waals surface area (Å²) in [5.41, 5.74) is 2.52. The fourth-order valence-corrected chi connectivity index (χ4v) is 4.51. The van der Waals surface area contributed by atoms with Crippen LogP contribution in [0, 0.1) is 0 Å². The minimum absolute atomic E-state index is 0.0324. The molecule has 0 saturated heterocycles. The van der Waals surface area contributed by atoms with Crippen LogP contribution in [-0.2, 0) is 20.9 Å². The van der Waals surface area contributed by atoms with Gasteiger partial charge in [0.05, 0.1) is 18.2 Å². The Balaban J connectivity index is 1.67. The van der Waals surface area contributed by atoms with Gasteiger partial charge in [0.15, 0.2) is 23.0 Å². The average molecular weight is 528 g/mol. The second-order valence-electron chi connectivity index (χ2n) is 9.03. The van der Waals surface area contributed by atoms with Gasteiger partial charge in [0.25, 0.3) is 5.91 Å². The molecular formula is C32H33NO6. The van der Waals surface area contributed by atoms with Crippen LogP contribution < -0.4 is 9.47 Å². The number of rotatable bonds is 13. The summed E-state index contributed by atoms with van der Waals surface area (Å²) in [6, 6.07) is 23.7. The number of benzene rings is 3. The van der Waals surface area contributed by atoms with Gasteiger partial charge >= 0.3 is 0 Å². The van der Waals surface area contributed by atoms with Crippen LogP contribution in [0.3, 0.4) is 0 Å². The van der Waals surface area contributed by atoms with E-state index in [9.17, 15) is 14.7 Å². The maximum Gasteiger partial charge on any atom is 0.290 e. The van der Waals surface area contributed by atoms with Crippen LogP contribution in [0.5, 0.6) is 11.5 Å². The van der Waals surface area contributed by atoms with E-state index < -0.39 is 23.5 Å². The maximum atomic E-state index is 13.4. The Kier molecular flexibility index (Phi) is 9.53. The largest absolute Gasteiger partial charge is 0.503 e. The fourth-order valence-electron chi connectivity index (χ4n) is 4.51. The molecule has 1 N–H and O–H groups in total. The van der Waals surface area contributed by atoms with E-state index in [1.54, 1.807) is 31.4 Å². The highest BCUT2D eigenvalue weighted by molar-refractivity contribution is 6.14. The standard InChI is InChI=1S/C32H33NO6/c1-3-38-28-21-25(16-18-27(28)39-22-24-13-8-5-9-14-24)30-29(26(34)17-15-23-11-6-4-7-12-23)31(35)32(36)33(30)19-10-20-37-2/h4-9,11-18,21,30,35H,3,10,19-20,22H2,1-2H3. The quantitative estimate of drug-likeness (QED) is 0.227. The molecule has 1 aliphatic rings. The molecule has 1 unspecified atom stereocenters. The van der Waals surface area contributed by atoms with Crippen LogP contribution in [0.25, 0.3) is 6.08 Å². The lowest BCUT2D eigenvalue weighted by atomic mass is 9.95. The predicted molar refractivity (Wildman–Crippen MR) is 149 cm³/mol. The number of ether oxygens (including phenoxy) is 3. The lowest BCUT2D eigenvalue weighted by molar-refractivity contribution is -0.129. The Hall–Kier alpha value is -4.36. The molecule has 0 spiro atoms. The van der Waals surface area contributed by atoms with Crippen molar-refractivity contribution >= 4 is 17.8 Å². The van der Waals surface area contributed by atoms with Gasteiger partial charge in [-0.25, -0.2) is 0 Å². The van der Waals surface area contributed by atoms with Crippen LogP contribution in [0.1, 0.15) is 36.1 Å². The Labute approximate surface area is 228 Å². The third-order valence-electron chi connectivity index (χ3n) is 6.36. The van der Waals surface area contributed by atoms with E-state index in [1.807, 2.05) is 67.6 Å². The summed E-state index contributed by atoms with van der Waals surface area (Å²) in [7, 11) is 1.59. The summed E-state index contributed by atoms with van der Waals surface area (Å²) in [6.45, 7) is 3.37. The van der Waals surface area contributed by atoms with Crippen molar-refractivity contribution in [3.05, 3.63) is 113 Å². The number of allylic oxidation sites excluding steroid dienone is 1. The summed E-state index contributed by atoms with van der Waals surface area (Å²) in [5.74, 6) is -0.526. The molecule has 0 radical (unpaired) electrons. The molecule has 3 aromatic carbocycles. The van der Waals surface area contributed by atoms with E-state index in [-0.39, 0.29) is 5.57 Å². The molecule has 202 valence electrons. The lowest BCUT2D eigenvalue weighted by Gasteiger charge is -2.27. The average Bonchev–Trinajstić information content (AvgIpc) is 3.22. The molecule has 39 heavy (non-hydrogen) atoms. The number of hydrogen-bond donors (Lipinski definition) is 1. The van der Waals surface area contributed by atoms with Crippen molar-refractivity contribution in [1.82, 2.24) is 4.90 Å². The Morgan fingerprint density at radius 3 is 2.38 bits per heavy atom. The highest BCUT2D eigenvalue weighted by atomic mass is 16.5. The van der Waals surface area contributed by atoms with Crippen LogP contribution in [0.4, 0.5) is 0 Å². The molecule has 0 aliphatic carbocycles. The minimum atomic E-state index is -0.787. The zero-order valence-electron chi connectivity index (χ0n) is 22.2. The topological polar surface area (TPSA) is 85.3 Å². The van der Waals surface area contributed by atoms with Crippen molar-refractivity contribution in [2.45, 2.75) is 26.0 Å². The van der Waals surface area contributed by atoms with Crippen molar-refractivity contribution in [3.63, 3.8) is 0 Å². The number of nitrogens with zero attached hydrogens (tertiary/aromatic N) is 1. The highest BCUT2D eigenvalue weighted by Crippen LogP contribution is 2.41. The second kappa shape index (κ2) is 13.4. The number of carbonyl (C=O) groups is 2. The molecule has 1 amide bonds. The Bertz CT molecular complexity index is 1330. The van der Waals surface area contributed by atoms with Crippen LogP contribution in [0.2, 0.25) is 0 Å². The van der Waals surface area contributed by atoms with Crippen LogP contribution in [-0.4, -0.2) is 48.6 Å².